The van der Waals surface area contributed by atoms with Crippen LogP contribution in [0.5, 0.6) is 5.75 Å². The fourth-order valence-electron chi connectivity index (χ4n) is 4.58. The molecule has 1 saturated heterocycles. The van der Waals surface area contributed by atoms with E-state index in [4.69, 9.17) is 4.74 Å². The number of carbonyl (C=O) groups is 1. The largest absolute Gasteiger partial charge is 0.494 e. The molecule has 8 heteroatoms. The highest BCUT2D eigenvalue weighted by Crippen LogP contribution is 2.28. The highest BCUT2D eigenvalue weighted by molar-refractivity contribution is 7.89. The number of nitrogens with zero attached hydrogens (tertiary/aromatic N) is 2. The summed E-state index contributed by atoms with van der Waals surface area (Å²) in [5, 5.41) is 3.85. The van der Waals surface area contributed by atoms with E-state index in [2.05, 4.69) is 5.32 Å². The summed E-state index contributed by atoms with van der Waals surface area (Å²) in [6.07, 6.45) is 5.35. The standard InChI is InChI=1S/C26H33N3O4S/c1-3-23(26(30)27-19-21-10-6-7-11-25(21)33-4-2)29-17-14-20-18-22(12-13-24(20)29)34(31,32)28-15-8-5-9-16-28/h6-7,10-14,17-18,23H,3-5,8-9,15-16,19H2,1-2H3,(H,27,30). The van der Waals surface area contributed by atoms with Gasteiger partial charge < -0.3 is 14.6 Å². The zero-order valence-electron chi connectivity index (χ0n) is 19.9. The van der Waals surface area contributed by atoms with Gasteiger partial charge in [-0.2, -0.15) is 4.31 Å². The molecule has 1 N–H and O–H groups in total. The van der Waals surface area contributed by atoms with E-state index in [0.29, 0.717) is 37.6 Å². The molecule has 1 aromatic heterocycles. The van der Waals surface area contributed by atoms with Gasteiger partial charge in [-0.1, -0.05) is 31.5 Å². The maximum Gasteiger partial charge on any atom is 0.243 e. The summed E-state index contributed by atoms with van der Waals surface area (Å²) in [6.45, 7) is 6.00. The third-order valence-electron chi connectivity index (χ3n) is 6.40. The van der Waals surface area contributed by atoms with Crippen LogP contribution in [0.4, 0.5) is 0 Å². The van der Waals surface area contributed by atoms with E-state index in [0.717, 1.165) is 41.5 Å². The van der Waals surface area contributed by atoms with Crippen LogP contribution >= 0.6 is 0 Å². The molecular formula is C26H33N3O4S. The van der Waals surface area contributed by atoms with Crippen LogP contribution in [0.2, 0.25) is 0 Å². The van der Waals surface area contributed by atoms with Gasteiger partial charge in [-0.25, -0.2) is 8.42 Å². The number of fused-ring (bicyclic) bond motifs is 1. The van der Waals surface area contributed by atoms with E-state index in [1.54, 1.807) is 16.4 Å². The van der Waals surface area contributed by atoms with Crippen molar-refractivity contribution in [1.29, 1.82) is 0 Å². The Morgan fingerprint density at radius 1 is 1.06 bits per heavy atom. The highest BCUT2D eigenvalue weighted by Gasteiger charge is 2.27. The number of hydrogen-bond donors (Lipinski definition) is 1. The Morgan fingerprint density at radius 2 is 1.82 bits per heavy atom. The van der Waals surface area contributed by atoms with Crippen LogP contribution in [0.3, 0.4) is 0 Å². The van der Waals surface area contributed by atoms with Crippen molar-refractivity contribution in [3.05, 3.63) is 60.3 Å². The lowest BCUT2D eigenvalue weighted by atomic mass is 10.1. The summed E-state index contributed by atoms with van der Waals surface area (Å²) < 4.78 is 35.3. The second-order valence-electron chi connectivity index (χ2n) is 8.59. The Labute approximate surface area is 201 Å². The summed E-state index contributed by atoms with van der Waals surface area (Å²) in [6, 6.07) is 14.4. The number of amides is 1. The monoisotopic (exact) mass is 483 g/mol. The van der Waals surface area contributed by atoms with E-state index in [9.17, 15) is 13.2 Å². The first-order valence-corrected chi connectivity index (χ1v) is 13.5. The maximum absolute atomic E-state index is 13.1. The molecule has 4 rings (SSSR count). The highest BCUT2D eigenvalue weighted by atomic mass is 32.2. The molecule has 7 nitrogen and oxygen atoms in total. The fourth-order valence-corrected chi connectivity index (χ4v) is 6.14. The summed E-state index contributed by atoms with van der Waals surface area (Å²) in [5.74, 6) is 0.684. The minimum Gasteiger partial charge on any atom is -0.494 e. The molecule has 1 amide bonds. The zero-order chi connectivity index (χ0) is 24.1. The molecule has 0 radical (unpaired) electrons. The van der Waals surface area contributed by atoms with Crippen LogP contribution in [0.25, 0.3) is 10.9 Å². The summed E-state index contributed by atoms with van der Waals surface area (Å²) in [5.41, 5.74) is 1.77. The van der Waals surface area contributed by atoms with E-state index in [-0.39, 0.29) is 5.91 Å². The quantitative estimate of drug-likeness (QED) is 0.487. The molecule has 1 aliphatic heterocycles. The van der Waals surface area contributed by atoms with Crippen LogP contribution < -0.4 is 10.1 Å². The van der Waals surface area contributed by atoms with Crippen molar-refractivity contribution in [1.82, 2.24) is 14.2 Å². The van der Waals surface area contributed by atoms with Gasteiger partial charge in [0.25, 0.3) is 0 Å². The van der Waals surface area contributed by atoms with Crippen LogP contribution in [-0.2, 0) is 21.4 Å². The maximum atomic E-state index is 13.1. The Morgan fingerprint density at radius 3 is 2.56 bits per heavy atom. The Hall–Kier alpha value is -2.84. The second-order valence-corrected chi connectivity index (χ2v) is 10.5. The van der Waals surface area contributed by atoms with Crippen molar-refractivity contribution in [2.24, 2.45) is 0 Å². The predicted octanol–water partition coefficient (Wildman–Crippen LogP) is 4.48. The fraction of sp³-hybridized carbons (Fsp3) is 0.423. The smallest absolute Gasteiger partial charge is 0.243 e. The minimum absolute atomic E-state index is 0.0867. The van der Waals surface area contributed by atoms with E-state index in [1.165, 1.54) is 0 Å². The zero-order valence-corrected chi connectivity index (χ0v) is 20.7. The van der Waals surface area contributed by atoms with Gasteiger partial charge in [0.15, 0.2) is 0 Å². The molecule has 1 fully saturated rings. The van der Waals surface area contributed by atoms with Crippen molar-refractivity contribution < 1.29 is 17.9 Å². The number of benzene rings is 2. The summed E-state index contributed by atoms with van der Waals surface area (Å²) in [7, 11) is -3.50. The molecule has 1 unspecified atom stereocenters. The first-order chi connectivity index (χ1) is 16.5. The normalized spacial score (nSPS) is 15.8. The van der Waals surface area contributed by atoms with E-state index >= 15 is 0 Å². The first kappa shape index (κ1) is 24.3. The Kier molecular flexibility index (Phi) is 7.58. The van der Waals surface area contributed by atoms with Gasteiger partial charge >= 0.3 is 0 Å². The molecular weight excluding hydrogens is 450 g/mol. The average molecular weight is 484 g/mol. The molecule has 1 atom stereocenters. The molecule has 0 spiro atoms. The number of aromatic nitrogens is 1. The van der Waals surface area contributed by atoms with Gasteiger partial charge in [0.2, 0.25) is 15.9 Å². The number of hydrogen-bond acceptors (Lipinski definition) is 4. The van der Waals surface area contributed by atoms with Gasteiger partial charge in [-0.15, -0.1) is 0 Å². The number of sulfonamides is 1. The predicted molar refractivity (Wildman–Crippen MR) is 133 cm³/mol. The Bertz CT molecular complexity index is 1250. The molecule has 2 heterocycles. The lowest BCUT2D eigenvalue weighted by Crippen LogP contribution is -2.35. The Balaban J connectivity index is 1.53. The number of piperidine rings is 1. The molecule has 182 valence electrons. The minimum atomic E-state index is -3.50. The van der Waals surface area contributed by atoms with E-state index in [1.807, 2.05) is 61.0 Å². The molecule has 3 aromatic rings. The van der Waals surface area contributed by atoms with Crippen molar-refractivity contribution in [3.8, 4) is 5.75 Å². The van der Waals surface area contributed by atoms with Crippen molar-refractivity contribution in [2.45, 2.75) is 57.0 Å². The van der Waals surface area contributed by atoms with Gasteiger partial charge in [0.05, 0.1) is 11.5 Å². The first-order valence-electron chi connectivity index (χ1n) is 12.0. The molecule has 0 saturated carbocycles. The van der Waals surface area contributed by atoms with Crippen LogP contribution in [0.15, 0.2) is 59.6 Å². The number of para-hydroxylation sites is 1. The SMILES string of the molecule is CCOc1ccccc1CNC(=O)C(CC)n1ccc2cc(S(=O)(=O)N3CCCCC3)ccc21. The van der Waals surface area contributed by atoms with Crippen molar-refractivity contribution in [3.63, 3.8) is 0 Å². The van der Waals surface area contributed by atoms with Gasteiger partial charge in [0.1, 0.15) is 11.8 Å². The summed E-state index contributed by atoms with van der Waals surface area (Å²) in [4.78, 5) is 13.4. The molecule has 0 bridgehead atoms. The third kappa shape index (κ3) is 4.98. The van der Waals surface area contributed by atoms with Crippen molar-refractivity contribution in [2.75, 3.05) is 19.7 Å². The van der Waals surface area contributed by atoms with Crippen LogP contribution in [-0.4, -0.2) is 42.9 Å². The number of carbonyl (C=O) groups excluding carboxylic acids is 1. The second kappa shape index (κ2) is 10.6. The van der Waals surface area contributed by atoms with Crippen molar-refractivity contribution >= 4 is 26.8 Å². The molecule has 0 aliphatic carbocycles. The average Bonchev–Trinajstić information content (AvgIpc) is 3.28. The molecule has 1 aliphatic rings. The number of nitrogens with one attached hydrogen (secondary N) is 1. The van der Waals surface area contributed by atoms with E-state index < -0.39 is 16.1 Å². The molecule has 2 aromatic carbocycles. The third-order valence-corrected chi connectivity index (χ3v) is 8.29. The summed E-state index contributed by atoms with van der Waals surface area (Å²) >= 11 is 0. The van der Waals surface area contributed by atoms with Crippen LogP contribution in [0.1, 0.15) is 51.1 Å². The topological polar surface area (TPSA) is 80.6 Å². The van der Waals surface area contributed by atoms with Gasteiger partial charge in [-0.3, -0.25) is 4.79 Å². The van der Waals surface area contributed by atoms with Crippen LogP contribution in [0, 0.1) is 0 Å². The number of rotatable bonds is 9. The molecule has 34 heavy (non-hydrogen) atoms. The van der Waals surface area contributed by atoms with Gasteiger partial charge in [0, 0.05) is 42.3 Å². The van der Waals surface area contributed by atoms with Gasteiger partial charge in [-0.05, 0) is 56.5 Å². The lowest BCUT2D eigenvalue weighted by molar-refractivity contribution is -0.124. The number of ether oxygens (including phenoxy) is 1. The lowest BCUT2D eigenvalue weighted by Gasteiger charge is -2.26.